The number of primary amides is 1. The summed E-state index contributed by atoms with van der Waals surface area (Å²) in [5, 5.41) is 6.64. The Bertz CT molecular complexity index is 441. The number of rotatable bonds is 6. The molecule has 140 valence electrons. The van der Waals surface area contributed by atoms with Gasteiger partial charge < -0.3 is 21.1 Å². The van der Waals surface area contributed by atoms with Crippen LogP contribution in [0.1, 0.15) is 54.4 Å². The van der Waals surface area contributed by atoms with Gasteiger partial charge in [-0.3, -0.25) is 9.79 Å². The molecule has 0 aromatic heterocycles. The molecule has 2 atom stereocenters. The van der Waals surface area contributed by atoms with Crippen LogP contribution in [0.4, 0.5) is 0 Å². The van der Waals surface area contributed by atoms with E-state index in [1.54, 1.807) is 0 Å². The van der Waals surface area contributed by atoms with Crippen molar-refractivity contribution in [3.63, 3.8) is 0 Å². The van der Waals surface area contributed by atoms with Crippen molar-refractivity contribution in [2.24, 2.45) is 27.5 Å². The first-order chi connectivity index (χ1) is 11.1. The maximum atomic E-state index is 11.4. The van der Waals surface area contributed by atoms with E-state index < -0.39 is 5.41 Å². The molecule has 1 amide bonds. The van der Waals surface area contributed by atoms with Gasteiger partial charge in [-0.1, -0.05) is 20.8 Å². The van der Waals surface area contributed by atoms with Gasteiger partial charge >= 0.3 is 0 Å². The van der Waals surface area contributed by atoms with Gasteiger partial charge in [0.25, 0.3) is 0 Å². The molecule has 0 aliphatic carbocycles. The molecular formula is C18H36N4O2. The van der Waals surface area contributed by atoms with Crippen molar-refractivity contribution >= 4 is 11.9 Å². The summed E-state index contributed by atoms with van der Waals surface area (Å²) in [5.41, 5.74) is 4.89. The van der Waals surface area contributed by atoms with Crippen molar-refractivity contribution in [1.82, 2.24) is 10.6 Å². The Morgan fingerprint density at radius 3 is 2.46 bits per heavy atom. The lowest BCUT2D eigenvalue weighted by Crippen LogP contribution is -2.48. The molecule has 0 aromatic rings. The number of ether oxygens (including phenoxy) is 1. The predicted octanol–water partition coefficient (Wildman–Crippen LogP) is 1.89. The number of aliphatic imine (C=N–C) groups is 1. The molecule has 0 spiro atoms. The monoisotopic (exact) mass is 340 g/mol. The second-order valence-electron chi connectivity index (χ2n) is 8.38. The fourth-order valence-corrected chi connectivity index (χ4v) is 2.93. The first-order valence-corrected chi connectivity index (χ1v) is 9.01. The lowest BCUT2D eigenvalue weighted by Gasteiger charge is -2.40. The summed E-state index contributed by atoms with van der Waals surface area (Å²) in [6.45, 7) is 15.1. The Morgan fingerprint density at radius 2 is 1.92 bits per heavy atom. The van der Waals surface area contributed by atoms with Gasteiger partial charge in [-0.25, -0.2) is 0 Å². The number of amides is 1. The maximum Gasteiger partial charge on any atom is 0.224 e. The van der Waals surface area contributed by atoms with Crippen molar-refractivity contribution in [2.45, 2.75) is 60.5 Å². The first-order valence-electron chi connectivity index (χ1n) is 9.01. The van der Waals surface area contributed by atoms with Crippen LogP contribution in [0.3, 0.4) is 0 Å². The van der Waals surface area contributed by atoms with E-state index in [9.17, 15) is 4.79 Å². The second-order valence-corrected chi connectivity index (χ2v) is 8.38. The molecule has 0 aromatic carbocycles. The Hall–Kier alpha value is -1.30. The summed E-state index contributed by atoms with van der Waals surface area (Å²) in [5.74, 6) is 0.840. The maximum absolute atomic E-state index is 11.4. The molecule has 1 heterocycles. The highest BCUT2D eigenvalue weighted by Gasteiger charge is 2.35. The number of carbonyl (C=O) groups excluding carboxylic acids is 1. The van der Waals surface area contributed by atoms with E-state index in [0.29, 0.717) is 12.5 Å². The smallest absolute Gasteiger partial charge is 0.224 e. The first kappa shape index (κ1) is 20.7. The van der Waals surface area contributed by atoms with E-state index in [2.05, 4.69) is 36.4 Å². The molecule has 2 unspecified atom stereocenters. The van der Waals surface area contributed by atoms with Crippen molar-refractivity contribution in [1.29, 1.82) is 0 Å². The van der Waals surface area contributed by atoms with E-state index in [1.807, 2.05) is 20.8 Å². The molecule has 1 fully saturated rings. The van der Waals surface area contributed by atoms with Crippen LogP contribution < -0.4 is 16.4 Å². The summed E-state index contributed by atoms with van der Waals surface area (Å²) < 4.78 is 6.03. The minimum Gasteiger partial charge on any atom is -0.377 e. The van der Waals surface area contributed by atoms with Crippen LogP contribution in [0.2, 0.25) is 0 Å². The Morgan fingerprint density at radius 1 is 1.25 bits per heavy atom. The number of nitrogens with two attached hydrogens (primary N) is 1. The van der Waals surface area contributed by atoms with Gasteiger partial charge in [0, 0.05) is 25.6 Å². The third-order valence-electron chi connectivity index (χ3n) is 4.47. The standard InChI is InChI=1S/C18H36N4O2/c1-7-20-16(22-12-18(5,6)15(19)23)21-11-13-9-8-10-24-14(13)17(2,3)4/h13-14H,7-12H2,1-6H3,(H2,19,23)(H2,20,21,22). The zero-order valence-corrected chi connectivity index (χ0v) is 16.2. The lowest BCUT2D eigenvalue weighted by molar-refractivity contribution is -0.125. The molecule has 6 nitrogen and oxygen atoms in total. The van der Waals surface area contributed by atoms with Gasteiger partial charge in [-0.15, -0.1) is 0 Å². The average Bonchev–Trinajstić information content (AvgIpc) is 2.49. The molecule has 6 heteroatoms. The minimum absolute atomic E-state index is 0.121. The van der Waals surface area contributed by atoms with Crippen LogP contribution in [-0.2, 0) is 9.53 Å². The van der Waals surface area contributed by atoms with Crippen molar-refractivity contribution in [3.05, 3.63) is 0 Å². The van der Waals surface area contributed by atoms with Crippen LogP contribution in [0, 0.1) is 16.7 Å². The summed E-state index contributed by atoms with van der Waals surface area (Å²) in [7, 11) is 0. The van der Waals surface area contributed by atoms with Crippen molar-refractivity contribution < 1.29 is 9.53 Å². The summed E-state index contributed by atoms with van der Waals surface area (Å²) in [6.07, 6.45) is 2.49. The van der Waals surface area contributed by atoms with Crippen molar-refractivity contribution in [3.8, 4) is 0 Å². The highest BCUT2D eigenvalue weighted by atomic mass is 16.5. The molecule has 1 saturated heterocycles. The minimum atomic E-state index is -0.649. The summed E-state index contributed by atoms with van der Waals surface area (Å²) in [6, 6.07) is 0. The molecule has 24 heavy (non-hydrogen) atoms. The fraction of sp³-hybridized carbons (Fsp3) is 0.889. The van der Waals surface area contributed by atoms with E-state index in [4.69, 9.17) is 10.5 Å². The normalized spacial score (nSPS) is 23.0. The number of nitrogens with zero attached hydrogens (tertiary/aromatic N) is 1. The molecule has 0 saturated carbocycles. The van der Waals surface area contributed by atoms with Gasteiger partial charge in [-0.2, -0.15) is 0 Å². The Labute approximate surface area is 147 Å². The number of hydrogen-bond donors (Lipinski definition) is 3. The largest absolute Gasteiger partial charge is 0.377 e. The third kappa shape index (κ3) is 6.30. The van der Waals surface area contributed by atoms with Gasteiger partial charge in [0.05, 0.1) is 18.1 Å². The Kier molecular flexibility index (Phi) is 7.52. The van der Waals surface area contributed by atoms with Crippen molar-refractivity contribution in [2.75, 3.05) is 26.2 Å². The van der Waals surface area contributed by atoms with Crippen LogP contribution in [-0.4, -0.2) is 44.2 Å². The molecule has 1 rings (SSSR count). The quantitative estimate of drug-likeness (QED) is 0.509. The Balaban J connectivity index is 2.69. The van der Waals surface area contributed by atoms with Gasteiger partial charge in [0.15, 0.2) is 5.96 Å². The summed E-state index contributed by atoms with van der Waals surface area (Å²) >= 11 is 0. The van der Waals surface area contributed by atoms with Crippen LogP contribution in [0.15, 0.2) is 4.99 Å². The molecule has 0 bridgehead atoms. The van der Waals surface area contributed by atoms with Gasteiger partial charge in [-0.05, 0) is 39.0 Å². The third-order valence-corrected chi connectivity index (χ3v) is 4.47. The zero-order valence-electron chi connectivity index (χ0n) is 16.2. The second kappa shape index (κ2) is 8.70. The van der Waals surface area contributed by atoms with Crippen LogP contribution in [0.25, 0.3) is 0 Å². The highest BCUT2D eigenvalue weighted by molar-refractivity contribution is 5.82. The van der Waals surface area contributed by atoms with Crippen LogP contribution in [0.5, 0.6) is 0 Å². The van der Waals surface area contributed by atoms with E-state index >= 15 is 0 Å². The average molecular weight is 341 g/mol. The molecule has 4 N–H and O–H groups in total. The predicted molar refractivity (Wildman–Crippen MR) is 98.9 cm³/mol. The highest BCUT2D eigenvalue weighted by Crippen LogP contribution is 2.33. The molecule has 1 aliphatic heterocycles. The fourth-order valence-electron chi connectivity index (χ4n) is 2.93. The lowest BCUT2D eigenvalue weighted by atomic mass is 9.78. The van der Waals surface area contributed by atoms with Gasteiger partial charge in [0.1, 0.15) is 0 Å². The number of guanidine groups is 1. The molecule has 0 radical (unpaired) electrons. The number of nitrogens with one attached hydrogen (secondary N) is 2. The SMILES string of the molecule is CCNC(=NCC(C)(C)C(N)=O)NCC1CCCOC1C(C)(C)C. The number of hydrogen-bond acceptors (Lipinski definition) is 3. The van der Waals surface area contributed by atoms with E-state index in [-0.39, 0.29) is 17.4 Å². The molecule has 1 aliphatic rings. The zero-order chi connectivity index (χ0) is 18.4. The topological polar surface area (TPSA) is 88.7 Å². The molecular weight excluding hydrogens is 304 g/mol. The van der Waals surface area contributed by atoms with E-state index in [0.717, 1.165) is 38.5 Å². The van der Waals surface area contributed by atoms with E-state index in [1.165, 1.54) is 0 Å². The summed E-state index contributed by atoms with van der Waals surface area (Å²) in [4.78, 5) is 16.0. The number of carbonyl (C=O) groups is 1. The van der Waals surface area contributed by atoms with Gasteiger partial charge in [0.2, 0.25) is 5.91 Å². The van der Waals surface area contributed by atoms with Crippen LogP contribution >= 0.6 is 0 Å².